The molecule has 30 heavy (non-hydrogen) atoms. The molecular weight excluding hydrogens is 408 g/mol. The number of fused-ring (bicyclic) bond motifs is 1. The van der Waals surface area contributed by atoms with Crippen molar-refractivity contribution in [3.8, 4) is 0 Å². The van der Waals surface area contributed by atoms with Crippen LogP contribution in [-0.4, -0.2) is 57.9 Å². The van der Waals surface area contributed by atoms with E-state index < -0.39 is 12.2 Å². The highest BCUT2D eigenvalue weighted by Gasteiger charge is 2.50. The van der Waals surface area contributed by atoms with Gasteiger partial charge in [-0.3, -0.25) is 9.48 Å². The molecule has 0 bridgehead atoms. The van der Waals surface area contributed by atoms with Gasteiger partial charge in [-0.2, -0.15) is 5.10 Å². The summed E-state index contributed by atoms with van der Waals surface area (Å²) in [7, 11) is 1.83. The lowest BCUT2D eigenvalue weighted by molar-refractivity contribution is -0.124. The van der Waals surface area contributed by atoms with Crippen LogP contribution in [0.2, 0.25) is 5.02 Å². The summed E-state index contributed by atoms with van der Waals surface area (Å²) in [6.07, 6.45) is 2.53. The van der Waals surface area contributed by atoms with E-state index in [0.717, 1.165) is 11.1 Å². The van der Waals surface area contributed by atoms with Gasteiger partial charge in [-0.15, -0.1) is 0 Å². The average Bonchev–Trinajstić information content (AvgIpc) is 3.39. The fraction of sp³-hybridized carbons (Fsp3) is 0.524. The Kier molecular flexibility index (Phi) is 6.70. The molecule has 5 atom stereocenters. The minimum Gasteiger partial charge on any atom is -0.388 e. The third-order valence-electron chi connectivity index (χ3n) is 5.56. The second kappa shape index (κ2) is 9.45. The molecule has 0 radical (unpaired) electrons. The Balaban J connectivity index is 1.19. The highest BCUT2D eigenvalue weighted by molar-refractivity contribution is 6.31. The van der Waals surface area contributed by atoms with E-state index in [0.29, 0.717) is 31.1 Å². The standard InChI is InChI=1S/C21H27ClN4O4/c1-26-12-13(9-25-26)8-24-19(27)7-15-6-17-21(29-15)20(28)18(30-17)11-23-10-14-4-2-3-5-16(14)22/h2-5,9,12,15,17-18,20-21,23,28H,6-8,10-11H2,1H3,(H,24,27)/t15-,17+,18+,20+,21-/m0/s1. The minimum absolute atomic E-state index is 0.0868. The van der Waals surface area contributed by atoms with Crippen molar-refractivity contribution in [2.24, 2.45) is 7.05 Å². The summed E-state index contributed by atoms with van der Waals surface area (Å²) in [5, 5.41) is 21.5. The van der Waals surface area contributed by atoms with Crippen LogP contribution in [0, 0.1) is 0 Å². The second-order valence-corrected chi connectivity index (χ2v) is 8.29. The molecule has 9 heteroatoms. The summed E-state index contributed by atoms with van der Waals surface area (Å²) < 4.78 is 13.6. The number of carbonyl (C=O) groups excluding carboxylic acids is 1. The van der Waals surface area contributed by atoms with E-state index in [1.54, 1.807) is 10.9 Å². The number of hydrogen-bond acceptors (Lipinski definition) is 6. The molecule has 1 amide bonds. The number of halogens is 1. The first-order chi connectivity index (χ1) is 14.5. The van der Waals surface area contributed by atoms with Gasteiger partial charge in [0.1, 0.15) is 12.2 Å². The predicted molar refractivity (Wildman–Crippen MR) is 111 cm³/mol. The maximum atomic E-state index is 12.2. The Hall–Kier alpha value is -1.97. The van der Waals surface area contributed by atoms with Crippen molar-refractivity contribution < 1.29 is 19.4 Å². The van der Waals surface area contributed by atoms with Crippen molar-refractivity contribution in [3.05, 3.63) is 52.8 Å². The van der Waals surface area contributed by atoms with Crippen molar-refractivity contribution in [1.29, 1.82) is 0 Å². The van der Waals surface area contributed by atoms with Gasteiger partial charge in [0.15, 0.2) is 0 Å². The molecule has 0 saturated carbocycles. The zero-order valence-electron chi connectivity index (χ0n) is 16.8. The molecule has 3 heterocycles. The van der Waals surface area contributed by atoms with Gasteiger partial charge in [0.2, 0.25) is 5.91 Å². The molecule has 8 nitrogen and oxygen atoms in total. The van der Waals surface area contributed by atoms with Gasteiger partial charge in [-0.05, 0) is 11.6 Å². The topological polar surface area (TPSA) is 97.6 Å². The van der Waals surface area contributed by atoms with Crippen LogP contribution in [0.3, 0.4) is 0 Å². The van der Waals surface area contributed by atoms with E-state index in [-0.39, 0.29) is 30.6 Å². The van der Waals surface area contributed by atoms with Gasteiger partial charge in [0.25, 0.3) is 0 Å². The van der Waals surface area contributed by atoms with E-state index in [9.17, 15) is 9.90 Å². The Morgan fingerprint density at radius 3 is 2.90 bits per heavy atom. The molecule has 0 aliphatic carbocycles. The van der Waals surface area contributed by atoms with Gasteiger partial charge < -0.3 is 25.2 Å². The van der Waals surface area contributed by atoms with Gasteiger partial charge in [0.05, 0.1) is 30.9 Å². The Labute approximate surface area is 180 Å². The number of amides is 1. The normalized spacial score (nSPS) is 27.9. The van der Waals surface area contributed by atoms with E-state index in [1.807, 2.05) is 37.5 Å². The number of nitrogens with one attached hydrogen (secondary N) is 2. The van der Waals surface area contributed by atoms with Crippen molar-refractivity contribution >= 4 is 17.5 Å². The molecular formula is C21H27ClN4O4. The fourth-order valence-electron chi connectivity index (χ4n) is 4.04. The summed E-state index contributed by atoms with van der Waals surface area (Å²) >= 11 is 6.16. The lowest BCUT2D eigenvalue weighted by Gasteiger charge is -2.20. The number of hydrogen-bond donors (Lipinski definition) is 3. The van der Waals surface area contributed by atoms with Crippen LogP contribution in [0.1, 0.15) is 24.0 Å². The number of aliphatic hydroxyl groups excluding tert-OH is 1. The van der Waals surface area contributed by atoms with Crippen LogP contribution in [0.5, 0.6) is 0 Å². The van der Waals surface area contributed by atoms with Crippen LogP contribution in [0.25, 0.3) is 0 Å². The molecule has 2 fully saturated rings. The van der Waals surface area contributed by atoms with Crippen molar-refractivity contribution in [2.75, 3.05) is 6.54 Å². The summed E-state index contributed by atoms with van der Waals surface area (Å²) in [5.41, 5.74) is 1.95. The number of ether oxygens (including phenoxy) is 2. The quantitative estimate of drug-likeness (QED) is 0.576. The maximum Gasteiger partial charge on any atom is 0.222 e. The smallest absolute Gasteiger partial charge is 0.222 e. The summed E-state index contributed by atoms with van der Waals surface area (Å²) in [6.45, 7) is 1.53. The highest BCUT2D eigenvalue weighted by Crippen LogP contribution is 2.35. The second-order valence-electron chi connectivity index (χ2n) is 7.89. The van der Waals surface area contributed by atoms with Crippen LogP contribution in [-0.2, 0) is 34.4 Å². The minimum atomic E-state index is -0.725. The molecule has 2 saturated heterocycles. The third kappa shape index (κ3) is 5.01. The Morgan fingerprint density at radius 2 is 2.17 bits per heavy atom. The summed E-state index contributed by atoms with van der Waals surface area (Å²) in [4.78, 5) is 12.2. The lowest BCUT2D eigenvalue weighted by atomic mass is 10.1. The number of carbonyl (C=O) groups is 1. The zero-order chi connectivity index (χ0) is 21.1. The fourth-order valence-corrected chi connectivity index (χ4v) is 4.25. The highest BCUT2D eigenvalue weighted by atomic mass is 35.5. The molecule has 2 aliphatic rings. The van der Waals surface area contributed by atoms with Crippen LogP contribution < -0.4 is 10.6 Å². The maximum absolute atomic E-state index is 12.2. The molecule has 4 rings (SSSR count). The van der Waals surface area contributed by atoms with E-state index in [1.165, 1.54) is 0 Å². The molecule has 0 unspecified atom stereocenters. The first-order valence-corrected chi connectivity index (χ1v) is 10.5. The molecule has 3 N–H and O–H groups in total. The first-order valence-electron chi connectivity index (χ1n) is 10.2. The van der Waals surface area contributed by atoms with E-state index in [2.05, 4.69) is 15.7 Å². The molecule has 2 aromatic rings. The zero-order valence-corrected chi connectivity index (χ0v) is 17.6. The van der Waals surface area contributed by atoms with Gasteiger partial charge in [-0.25, -0.2) is 0 Å². The van der Waals surface area contributed by atoms with Gasteiger partial charge in [0, 0.05) is 49.9 Å². The molecule has 0 spiro atoms. The number of aryl methyl sites for hydroxylation is 1. The number of rotatable bonds is 8. The number of nitrogens with zero attached hydrogens (tertiary/aromatic N) is 2. The van der Waals surface area contributed by atoms with E-state index in [4.69, 9.17) is 21.1 Å². The number of benzene rings is 1. The lowest BCUT2D eigenvalue weighted by Crippen LogP contribution is -2.39. The largest absolute Gasteiger partial charge is 0.388 e. The monoisotopic (exact) mass is 434 g/mol. The summed E-state index contributed by atoms with van der Waals surface area (Å²) in [6, 6.07) is 7.65. The molecule has 2 aliphatic heterocycles. The Morgan fingerprint density at radius 1 is 1.33 bits per heavy atom. The Bertz CT molecular complexity index is 876. The third-order valence-corrected chi connectivity index (χ3v) is 5.93. The number of aromatic nitrogens is 2. The van der Waals surface area contributed by atoms with Crippen molar-refractivity contribution in [1.82, 2.24) is 20.4 Å². The predicted octanol–water partition coefficient (Wildman–Crippen LogP) is 1.16. The van der Waals surface area contributed by atoms with Crippen LogP contribution in [0.15, 0.2) is 36.7 Å². The van der Waals surface area contributed by atoms with Gasteiger partial charge in [-0.1, -0.05) is 29.8 Å². The SMILES string of the molecule is Cn1cc(CNC(=O)C[C@@H]2C[C@H]3O[C@H](CNCc4ccccc4Cl)[C@@H](O)[C@H]3O2)cn1. The molecule has 162 valence electrons. The molecule has 1 aromatic carbocycles. The first kappa shape index (κ1) is 21.3. The van der Waals surface area contributed by atoms with Gasteiger partial charge >= 0.3 is 0 Å². The van der Waals surface area contributed by atoms with E-state index >= 15 is 0 Å². The van der Waals surface area contributed by atoms with Crippen molar-refractivity contribution in [3.63, 3.8) is 0 Å². The average molecular weight is 435 g/mol. The van der Waals surface area contributed by atoms with Crippen LogP contribution >= 0.6 is 11.6 Å². The molecule has 1 aromatic heterocycles. The van der Waals surface area contributed by atoms with Crippen LogP contribution in [0.4, 0.5) is 0 Å². The van der Waals surface area contributed by atoms with Crippen molar-refractivity contribution in [2.45, 2.75) is 56.5 Å². The number of aliphatic hydroxyl groups is 1. The summed E-state index contributed by atoms with van der Waals surface area (Å²) in [5.74, 6) is -0.0868.